The maximum Gasteiger partial charge on any atom is 0.243 e. The van der Waals surface area contributed by atoms with Crippen LogP contribution in [0.4, 0.5) is 0 Å². The molecule has 98 valence electrons. The first-order valence-electron chi connectivity index (χ1n) is 6.78. The second-order valence-corrected chi connectivity index (χ2v) is 4.61. The largest absolute Gasteiger partial charge is 0.350 e. The molecule has 0 aliphatic heterocycles. The van der Waals surface area contributed by atoms with Crippen molar-refractivity contribution in [1.29, 1.82) is 0 Å². The molecule has 0 radical (unpaired) electrons. The van der Waals surface area contributed by atoms with Crippen molar-refractivity contribution < 1.29 is 4.79 Å². The van der Waals surface area contributed by atoms with Gasteiger partial charge in [-0.2, -0.15) is 0 Å². The molecule has 1 N–H and O–H groups in total. The van der Waals surface area contributed by atoms with E-state index in [1.165, 1.54) is 25.7 Å². The third-order valence-corrected chi connectivity index (χ3v) is 2.34. The molecule has 0 saturated carbocycles. The Hall–Kier alpha value is -1.05. The lowest BCUT2D eigenvalue weighted by Gasteiger charge is -2.03. The Bertz CT molecular complexity index is 241. The van der Waals surface area contributed by atoms with Crippen LogP contribution in [0.2, 0.25) is 0 Å². The summed E-state index contributed by atoms with van der Waals surface area (Å²) in [5, 5.41) is 2.82. The summed E-state index contributed by atoms with van der Waals surface area (Å²) in [6, 6.07) is 0.214. The molecule has 0 saturated heterocycles. The summed E-state index contributed by atoms with van der Waals surface area (Å²) in [4.78, 5) is 11.2. The number of carbonyl (C=O) groups is 1. The number of allylic oxidation sites excluding steroid dienone is 3. The van der Waals surface area contributed by atoms with Crippen LogP contribution in [0.1, 0.15) is 59.3 Å². The highest BCUT2D eigenvalue weighted by molar-refractivity contribution is 5.87. The first-order valence-corrected chi connectivity index (χ1v) is 6.78. The van der Waals surface area contributed by atoms with E-state index in [9.17, 15) is 4.79 Å². The summed E-state index contributed by atoms with van der Waals surface area (Å²) < 4.78 is 0. The van der Waals surface area contributed by atoms with Gasteiger partial charge in [-0.05, 0) is 45.6 Å². The van der Waals surface area contributed by atoms with Crippen LogP contribution in [-0.4, -0.2) is 11.9 Å². The number of nitrogens with one attached hydrogen (secondary N) is 1. The molecular weight excluding hydrogens is 210 g/mol. The molecule has 2 heteroatoms. The first-order chi connectivity index (χ1) is 8.16. The minimum Gasteiger partial charge on any atom is -0.350 e. The van der Waals surface area contributed by atoms with Gasteiger partial charge in [-0.3, -0.25) is 4.79 Å². The minimum atomic E-state index is 0.00641. The van der Waals surface area contributed by atoms with E-state index in [4.69, 9.17) is 0 Å². The van der Waals surface area contributed by atoms with Crippen LogP contribution < -0.4 is 5.32 Å². The molecule has 0 unspecified atom stereocenters. The fourth-order valence-electron chi connectivity index (χ4n) is 1.46. The molecule has 0 fully saturated rings. The standard InChI is InChI=1S/C15H27NO/c1-4-5-6-7-8-9-10-11-12-13-15(17)16-14(2)3/h8-9,12-14H,4-7,10-11H2,1-3H3,(H,16,17)/b9-8-,13-12+. The van der Waals surface area contributed by atoms with E-state index in [-0.39, 0.29) is 11.9 Å². The van der Waals surface area contributed by atoms with Crippen molar-refractivity contribution in [2.24, 2.45) is 0 Å². The minimum absolute atomic E-state index is 0.00641. The predicted octanol–water partition coefficient (Wildman–Crippen LogP) is 3.98. The van der Waals surface area contributed by atoms with Gasteiger partial charge < -0.3 is 5.32 Å². The van der Waals surface area contributed by atoms with Crippen molar-refractivity contribution in [2.45, 2.75) is 65.3 Å². The fourth-order valence-corrected chi connectivity index (χ4v) is 1.46. The van der Waals surface area contributed by atoms with Crippen molar-refractivity contribution >= 4 is 5.91 Å². The summed E-state index contributed by atoms with van der Waals surface area (Å²) in [6.45, 7) is 6.15. The van der Waals surface area contributed by atoms with Gasteiger partial charge in [-0.1, -0.05) is 38.0 Å². The van der Waals surface area contributed by atoms with Gasteiger partial charge in [0.2, 0.25) is 5.91 Å². The Kier molecular flexibility index (Phi) is 10.7. The quantitative estimate of drug-likeness (QED) is 0.367. The summed E-state index contributed by atoms with van der Waals surface area (Å²) in [5.74, 6) is 0.00641. The normalized spacial score (nSPS) is 11.8. The van der Waals surface area contributed by atoms with Gasteiger partial charge in [0, 0.05) is 6.04 Å². The zero-order chi connectivity index (χ0) is 12.9. The van der Waals surface area contributed by atoms with Crippen molar-refractivity contribution in [2.75, 3.05) is 0 Å². The molecule has 0 bridgehead atoms. The number of hydrogen-bond acceptors (Lipinski definition) is 1. The Morgan fingerprint density at radius 3 is 2.35 bits per heavy atom. The smallest absolute Gasteiger partial charge is 0.243 e. The van der Waals surface area contributed by atoms with E-state index >= 15 is 0 Å². The van der Waals surface area contributed by atoms with Crippen molar-refractivity contribution in [3.8, 4) is 0 Å². The maximum atomic E-state index is 11.2. The highest BCUT2D eigenvalue weighted by Gasteiger charge is 1.95. The van der Waals surface area contributed by atoms with Gasteiger partial charge in [-0.15, -0.1) is 0 Å². The number of hydrogen-bond donors (Lipinski definition) is 1. The average molecular weight is 237 g/mol. The molecule has 0 rings (SSSR count). The Balaban J connectivity index is 3.43. The third kappa shape index (κ3) is 12.9. The van der Waals surface area contributed by atoms with Gasteiger partial charge in [-0.25, -0.2) is 0 Å². The van der Waals surface area contributed by atoms with Gasteiger partial charge in [0.25, 0.3) is 0 Å². The second kappa shape index (κ2) is 11.4. The molecule has 17 heavy (non-hydrogen) atoms. The highest BCUT2D eigenvalue weighted by atomic mass is 16.1. The van der Waals surface area contributed by atoms with Crippen LogP contribution in [0, 0.1) is 0 Å². The monoisotopic (exact) mass is 237 g/mol. The SMILES string of the molecule is CCCCC/C=C\CC/C=C/C(=O)NC(C)C. The highest BCUT2D eigenvalue weighted by Crippen LogP contribution is 2.01. The van der Waals surface area contributed by atoms with Crippen LogP contribution in [0.25, 0.3) is 0 Å². The van der Waals surface area contributed by atoms with Crippen LogP contribution in [0.15, 0.2) is 24.3 Å². The Morgan fingerprint density at radius 1 is 1.06 bits per heavy atom. The van der Waals surface area contributed by atoms with Crippen LogP contribution in [0.3, 0.4) is 0 Å². The second-order valence-electron chi connectivity index (χ2n) is 4.61. The van der Waals surface area contributed by atoms with Crippen LogP contribution in [-0.2, 0) is 4.79 Å². The van der Waals surface area contributed by atoms with E-state index in [0.29, 0.717) is 0 Å². The maximum absolute atomic E-state index is 11.2. The van der Waals surface area contributed by atoms with Crippen molar-refractivity contribution in [3.05, 3.63) is 24.3 Å². The topological polar surface area (TPSA) is 29.1 Å². The van der Waals surface area contributed by atoms with Gasteiger partial charge in [0.05, 0.1) is 0 Å². The van der Waals surface area contributed by atoms with Gasteiger partial charge >= 0.3 is 0 Å². The lowest BCUT2D eigenvalue weighted by Crippen LogP contribution is -2.28. The van der Waals surface area contributed by atoms with Crippen LogP contribution in [0.5, 0.6) is 0 Å². The zero-order valence-electron chi connectivity index (χ0n) is 11.5. The lowest BCUT2D eigenvalue weighted by atomic mass is 10.2. The summed E-state index contributed by atoms with van der Waals surface area (Å²) in [5.41, 5.74) is 0. The van der Waals surface area contributed by atoms with Gasteiger partial charge in [0.1, 0.15) is 0 Å². The summed E-state index contributed by atoms with van der Waals surface area (Å²) in [7, 11) is 0. The Morgan fingerprint density at radius 2 is 1.71 bits per heavy atom. The molecule has 2 nitrogen and oxygen atoms in total. The summed E-state index contributed by atoms with van der Waals surface area (Å²) >= 11 is 0. The van der Waals surface area contributed by atoms with E-state index in [2.05, 4.69) is 24.4 Å². The molecule has 0 aliphatic rings. The molecular formula is C15H27NO. The first kappa shape index (κ1) is 16.0. The van der Waals surface area contributed by atoms with E-state index < -0.39 is 0 Å². The fraction of sp³-hybridized carbons (Fsp3) is 0.667. The van der Waals surface area contributed by atoms with Crippen molar-refractivity contribution in [1.82, 2.24) is 5.32 Å². The Labute approximate surface area is 106 Å². The number of carbonyl (C=O) groups excluding carboxylic acids is 1. The van der Waals surface area contributed by atoms with E-state index in [1.807, 2.05) is 19.9 Å². The molecule has 0 aromatic carbocycles. The molecule has 1 amide bonds. The molecule has 0 aliphatic carbocycles. The lowest BCUT2D eigenvalue weighted by molar-refractivity contribution is -0.116. The van der Waals surface area contributed by atoms with E-state index in [0.717, 1.165) is 12.8 Å². The zero-order valence-corrected chi connectivity index (χ0v) is 11.5. The third-order valence-electron chi connectivity index (χ3n) is 2.34. The van der Waals surface area contributed by atoms with Crippen LogP contribution >= 0.6 is 0 Å². The number of amides is 1. The molecule has 0 heterocycles. The number of unbranched alkanes of at least 4 members (excludes halogenated alkanes) is 4. The van der Waals surface area contributed by atoms with E-state index in [1.54, 1.807) is 6.08 Å². The number of rotatable bonds is 9. The molecule has 0 aromatic rings. The molecule has 0 spiro atoms. The summed E-state index contributed by atoms with van der Waals surface area (Å²) in [6.07, 6.45) is 15.1. The predicted molar refractivity (Wildman–Crippen MR) is 74.9 cm³/mol. The van der Waals surface area contributed by atoms with Gasteiger partial charge in [0.15, 0.2) is 0 Å². The molecule has 0 atom stereocenters. The molecule has 0 aromatic heterocycles. The van der Waals surface area contributed by atoms with Crippen molar-refractivity contribution in [3.63, 3.8) is 0 Å². The average Bonchev–Trinajstić information content (AvgIpc) is 2.26.